The van der Waals surface area contributed by atoms with E-state index in [-0.39, 0.29) is 29.8 Å². The molecule has 0 spiro atoms. The van der Waals surface area contributed by atoms with Gasteiger partial charge < -0.3 is 15.2 Å². The van der Waals surface area contributed by atoms with E-state index in [9.17, 15) is 4.79 Å². The van der Waals surface area contributed by atoms with Crippen LogP contribution in [0.4, 0.5) is 0 Å². The lowest BCUT2D eigenvalue weighted by Crippen LogP contribution is -2.44. The third-order valence-corrected chi connectivity index (χ3v) is 5.31. The predicted molar refractivity (Wildman–Crippen MR) is 92.2 cm³/mol. The number of nitrogens with two attached hydrogens (primary N) is 1. The van der Waals surface area contributed by atoms with Crippen molar-refractivity contribution in [2.24, 2.45) is 11.1 Å². The maximum Gasteiger partial charge on any atom is 0.250 e. The van der Waals surface area contributed by atoms with Crippen molar-refractivity contribution in [3.8, 4) is 0 Å². The topological polar surface area (TPSA) is 85.2 Å². The van der Waals surface area contributed by atoms with Crippen LogP contribution in [-0.2, 0) is 10.3 Å². The minimum Gasteiger partial charge on any atom is -0.337 e. The van der Waals surface area contributed by atoms with Crippen molar-refractivity contribution in [1.82, 2.24) is 15.0 Å². The van der Waals surface area contributed by atoms with Crippen molar-refractivity contribution >= 4 is 30.1 Å². The summed E-state index contributed by atoms with van der Waals surface area (Å²) in [5, 5.41) is 4.06. The van der Waals surface area contributed by atoms with Gasteiger partial charge >= 0.3 is 0 Å². The fraction of sp³-hybridized carbons (Fsp3) is 0.800. The monoisotopic (exact) mass is 360 g/mol. The normalized spacial score (nSPS) is 23.3. The van der Waals surface area contributed by atoms with Gasteiger partial charge in [0.2, 0.25) is 11.8 Å². The Morgan fingerprint density at radius 2 is 2.17 bits per heavy atom. The highest BCUT2D eigenvalue weighted by molar-refractivity contribution is 7.99. The Labute approximate surface area is 147 Å². The van der Waals surface area contributed by atoms with Crippen LogP contribution in [0.3, 0.4) is 0 Å². The first kappa shape index (κ1) is 18.5. The van der Waals surface area contributed by atoms with Crippen LogP contribution in [-0.4, -0.2) is 32.6 Å². The molecule has 1 saturated carbocycles. The van der Waals surface area contributed by atoms with E-state index in [1.807, 2.05) is 4.90 Å². The molecule has 2 fully saturated rings. The second kappa shape index (κ2) is 6.61. The molecule has 2 N–H and O–H groups in total. The van der Waals surface area contributed by atoms with E-state index in [4.69, 9.17) is 10.3 Å². The summed E-state index contributed by atoms with van der Waals surface area (Å²) in [6.45, 7) is 6.22. The molecule has 3 rings (SSSR count). The van der Waals surface area contributed by atoms with E-state index in [0.717, 1.165) is 25.0 Å². The summed E-state index contributed by atoms with van der Waals surface area (Å²) in [6.07, 6.45) is 3.43. The largest absolute Gasteiger partial charge is 0.337 e. The first-order valence-electron chi connectivity index (χ1n) is 7.79. The molecule has 2 heterocycles. The van der Waals surface area contributed by atoms with Crippen molar-refractivity contribution in [2.45, 2.75) is 58.0 Å². The van der Waals surface area contributed by atoms with Crippen LogP contribution in [0.1, 0.15) is 64.2 Å². The van der Waals surface area contributed by atoms with Crippen LogP contribution >= 0.6 is 24.2 Å². The minimum absolute atomic E-state index is 0. The van der Waals surface area contributed by atoms with Crippen molar-refractivity contribution < 1.29 is 9.32 Å². The summed E-state index contributed by atoms with van der Waals surface area (Å²) < 4.78 is 5.43. The molecule has 0 aromatic carbocycles. The predicted octanol–water partition coefficient (Wildman–Crippen LogP) is 2.84. The Kier molecular flexibility index (Phi) is 5.33. The molecular weight excluding hydrogens is 336 g/mol. The van der Waals surface area contributed by atoms with Gasteiger partial charge in [-0.15, -0.1) is 24.2 Å². The number of rotatable bonds is 3. The summed E-state index contributed by atoms with van der Waals surface area (Å²) in [5.41, 5.74) is 5.79. The summed E-state index contributed by atoms with van der Waals surface area (Å²) in [5.74, 6) is 2.75. The SMILES string of the molecule is CC(C)(C)CC(=O)N1CSCC1c1nc(C2(N)CCC2)no1.Cl. The van der Waals surface area contributed by atoms with Gasteiger partial charge in [-0.3, -0.25) is 4.79 Å². The van der Waals surface area contributed by atoms with Gasteiger partial charge in [0.15, 0.2) is 5.82 Å². The highest BCUT2D eigenvalue weighted by Crippen LogP contribution is 2.39. The average molecular weight is 361 g/mol. The maximum atomic E-state index is 12.5. The smallest absolute Gasteiger partial charge is 0.250 e. The third kappa shape index (κ3) is 3.83. The number of carbonyl (C=O) groups excluding carboxylic acids is 1. The van der Waals surface area contributed by atoms with Gasteiger partial charge in [0.05, 0.1) is 11.4 Å². The molecule has 1 aromatic rings. The highest BCUT2D eigenvalue weighted by Gasteiger charge is 2.41. The molecule has 1 aromatic heterocycles. The van der Waals surface area contributed by atoms with E-state index < -0.39 is 5.54 Å². The molecule has 0 radical (unpaired) electrons. The van der Waals surface area contributed by atoms with E-state index in [2.05, 4.69) is 30.9 Å². The fourth-order valence-electron chi connectivity index (χ4n) is 2.80. The van der Waals surface area contributed by atoms with E-state index in [0.29, 0.717) is 24.0 Å². The molecule has 6 nitrogen and oxygen atoms in total. The number of nitrogens with zero attached hydrogens (tertiary/aromatic N) is 3. The van der Waals surface area contributed by atoms with Gasteiger partial charge in [-0.1, -0.05) is 25.9 Å². The van der Waals surface area contributed by atoms with Crippen LogP contribution in [0.25, 0.3) is 0 Å². The van der Waals surface area contributed by atoms with Gasteiger partial charge in [-0.25, -0.2) is 0 Å². The minimum atomic E-state index is -0.423. The van der Waals surface area contributed by atoms with Crippen molar-refractivity contribution in [1.29, 1.82) is 0 Å². The molecule has 2 aliphatic rings. The van der Waals surface area contributed by atoms with Gasteiger partial charge in [0.25, 0.3) is 0 Å². The number of amides is 1. The van der Waals surface area contributed by atoms with Gasteiger partial charge in [0.1, 0.15) is 6.04 Å². The molecule has 1 saturated heterocycles. The number of halogens is 1. The van der Waals surface area contributed by atoms with Crippen molar-refractivity contribution in [3.63, 3.8) is 0 Å². The van der Waals surface area contributed by atoms with E-state index >= 15 is 0 Å². The standard InChI is InChI=1S/C15H24N4O2S.ClH/c1-14(2,3)7-11(20)19-9-22-8-10(19)12-17-13(18-21-12)15(16)5-4-6-15;/h10H,4-9,16H2,1-3H3;1H. The van der Waals surface area contributed by atoms with Crippen molar-refractivity contribution in [2.75, 3.05) is 11.6 Å². The van der Waals surface area contributed by atoms with Crippen LogP contribution < -0.4 is 5.73 Å². The zero-order valence-electron chi connectivity index (χ0n) is 13.9. The molecule has 1 aliphatic heterocycles. The highest BCUT2D eigenvalue weighted by atomic mass is 35.5. The Balaban J connectivity index is 0.00000192. The molecule has 23 heavy (non-hydrogen) atoms. The Morgan fingerprint density at radius 1 is 1.48 bits per heavy atom. The van der Waals surface area contributed by atoms with Gasteiger partial charge in [-0.2, -0.15) is 4.98 Å². The second-order valence-corrected chi connectivity index (χ2v) is 8.58. The summed E-state index contributed by atoms with van der Waals surface area (Å²) in [4.78, 5) is 18.9. The number of hydrogen-bond acceptors (Lipinski definition) is 6. The molecular formula is C15H25ClN4O2S. The number of aromatic nitrogens is 2. The molecule has 130 valence electrons. The third-order valence-electron chi connectivity index (χ3n) is 4.30. The quantitative estimate of drug-likeness (QED) is 0.892. The second-order valence-electron chi connectivity index (χ2n) is 7.58. The molecule has 1 atom stereocenters. The number of thioether (sulfide) groups is 1. The first-order valence-corrected chi connectivity index (χ1v) is 8.94. The van der Waals surface area contributed by atoms with E-state index in [1.54, 1.807) is 11.8 Å². The lowest BCUT2D eigenvalue weighted by Gasteiger charge is -2.34. The van der Waals surface area contributed by atoms with Crippen molar-refractivity contribution in [3.05, 3.63) is 11.7 Å². The first-order chi connectivity index (χ1) is 10.3. The molecule has 0 bridgehead atoms. The number of carbonyl (C=O) groups is 1. The van der Waals surface area contributed by atoms with Crippen LogP contribution in [0, 0.1) is 5.41 Å². The Bertz CT molecular complexity index is 568. The zero-order valence-corrected chi connectivity index (χ0v) is 15.5. The maximum absolute atomic E-state index is 12.5. The summed E-state index contributed by atoms with van der Waals surface area (Å²) in [7, 11) is 0. The Morgan fingerprint density at radius 3 is 2.74 bits per heavy atom. The summed E-state index contributed by atoms with van der Waals surface area (Å²) >= 11 is 1.72. The van der Waals surface area contributed by atoms with Gasteiger partial charge in [0, 0.05) is 12.2 Å². The molecule has 1 aliphatic carbocycles. The Hall–Kier alpha value is -0.790. The summed E-state index contributed by atoms with van der Waals surface area (Å²) in [6, 6.07) is -0.121. The molecule has 1 unspecified atom stereocenters. The van der Waals surface area contributed by atoms with Crippen LogP contribution in [0.15, 0.2) is 4.52 Å². The zero-order chi connectivity index (χ0) is 16.0. The lowest BCUT2D eigenvalue weighted by atomic mass is 9.77. The lowest BCUT2D eigenvalue weighted by molar-refractivity contribution is -0.134. The van der Waals surface area contributed by atoms with Crippen LogP contribution in [0.5, 0.6) is 0 Å². The van der Waals surface area contributed by atoms with Gasteiger partial charge in [-0.05, 0) is 24.7 Å². The fourth-order valence-corrected chi connectivity index (χ4v) is 3.97. The number of hydrogen-bond donors (Lipinski definition) is 1. The van der Waals surface area contributed by atoms with E-state index in [1.165, 1.54) is 0 Å². The molecule has 8 heteroatoms. The van der Waals surface area contributed by atoms with Crippen LogP contribution in [0.2, 0.25) is 0 Å². The average Bonchev–Trinajstić information content (AvgIpc) is 3.02. The molecule has 1 amide bonds.